The fourth-order valence-electron chi connectivity index (χ4n) is 3.69. The van der Waals surface area contributed by atoms with Crippen molar-refractivity contribution in [1.82, 2.24) is 14.5 Å². The molecule has 158 valence electrons. The number of imidazole rings is 1. The van der Waals surface area contributed by atoms with E-state index in [-0.39, 0.29) is 12.5 Å². The Hall–Kier alpha value is -3.39. The molecule has 4 rings (SSSR count). The van der Waals surface area contributed by atoms with Gasteiger partial charge in [0.15, 0.2) is 11.5 Å². The first-order valence-electron chi connectivity index (χ1n) is 9.51. The Balaban J connectivity index is 0.000000806. The van der Waals surface area contributed by atoms with Crippen LogP contribution in [0.5, 0.6) is 11.5 Å². The third kappa shape index (κ3) is 4.77. The molecule has 1 N–H and O–H groups in total. The summed E-state index contributed by atoms with van der Waals surface area (Å²) in [7, 11) is 3.28. The lowest BCUT2D eigenvalue weighted by Gasteiger charge is -2.21. The number of pyridine rings is 1. The maximum Gasteiger partial charge on any atom is 0.290 e. The molecule has 0 unspecified atom stereocenters. The summed E-state index contributed by atoms with van der Waals surface area (Å²) >= 11 is 0. The van der Waals surface area contributed by atoms with Crippen molar-refractivity contribution in [2.24, 2.45) is 5.92 Å². The number of methoxy groups -OCH3 is 2. The van der Waals surface area contributed by atoms with Gasteiger partial charge in [-0.3, -0.25) is 9.78 Å². The van der Waals surface area contributed by atoms with Crippen LogP contribution < -0.4 is 9.47 Å². The number of hydrogen-bond donors (Lipinski definition) is 1. The van der Waals surface area contributed by atoms with E-state index in [2.05, 4.69) is 26.7 Å². The maximum absolute atomic E-state index is 8.36. The second kappa shape index (κ2) is 10.4. The van der Waals surface area contributed by atoms with Crippen molar-refractivity contribution in [3.05, 3.63) is 60.7 Å². The topological polar surface area (TPSA) is 95.7 Å². The Labute approximate surface area is 175 Å². The average Bonchev–Trinajstić information content (AvgIpc) is 3.43. The number of rotatable bonds is 6. The van der Waals surface area contributed by atoms with E-state index in [1.807, 2.05) is 43.0 Å². The first-order valence-corrected chi connectivity index (χ1v) is 9.51. The van der Waals surface area contributed by atoms with Crippen LogP contribution in [0.4, 0.5) is 0 Å². The highest BCUT2D eigenvalue weighted by Gasteiger charge is 2.31. The Bertz CT molecular complexity index is 945. The summed E-state index contributed by atoms with van der Waals surface area (Å²) in [6.45, 7) is 1.18. The smallest absolute Gasteiger partial charge is 0.290 e. The molecule has 3 aromatic rings. The van der Waals surface area contributed by atoms with Crippen LogP contribution in [0, 0.1) is 5.92 Å². The molecule has 8 heteroatoms. The third-order valence-electron chi connectivity index (χ3n) is 5.08. The van der Waals surface area contributed by atoms with Gasteiger partial charge < -0.3 is 23.9 Å². The molecule has 1 saturated heterocycles. The van der Waals surface area contributed by atoms with Crippen LogP contribution in [0.3, 0.4) is 0 Å². The largest absolute Gasteiger partial charge is 0.493 e. The molecule has 1 aliphatic heterocycles. The minimum Gasteiger partial charge on any atom is -0.493 e. The maximum atomic E-state index is 8.36. The lowest BCUT2D eigenvalue weighted by Crippen LogP contribution is -2.20. The molecule has 2 atom stereocenters. The fraction of sp³-hybridized carbons (Fsp3) is 0.318. The van der Waals surface area contributed by atoms with E-state index in [1.165, 1.54) is 5.56 Å². The summed E-state index contributed by atoms with van der Waals surface area (Å²) in [5, 5.41) is 6.89. The molecule has 1 aliphatic rings. The Morgan fingerprint density at radius 2 is 1.87 bits per heavy atom. The van der Waals surface area contributed by atoms with Crippen LogP contribution in [-0.2, 0) is 16.0 Å². The molecule has 0 radical (unpaired) electrons. The molecule has 8 nitrogen and oxygen atoms in total. The van der Waals surface area contributed by atoms with Gasteiger partial charge in [-0.25, -0.2) is 4.98 Å². The number of nitrogens with zero attached hydrogens (tertiary/aromatic N) is 3. The van der Waals surface area contributed by atoms with Crippen LogP contribution in [0.1, 0.15) is 11.6 Å². The van der Waals surface area contributed by atoms with Crippen LogP contribution in [-0.4, -0.2) is 53.5 Å². The molecular formula is C22H25N3O5. The summed E-state index contributed by atoms with van der Waals surface area (Å²) < 4.78 is 18.8. The molecule has 0 spiro atoms. The number of carbonyl (C=O) groups is 1. The number of carboxylic acid groups (broad SMARTS) is 1. The van der Waals surface area contributed by atoms with Gasteiger partial charge in [-0.15, -0.1) is 0 Å². The van der Waals surface area contributed by atoms with Crippen molar-refractivity contribution in [3.63, 3.8) is 0 Å². The Kier molecular flexibility index (Phi) is 7.40. The summed E-state index contributed by atoms with van der Waals surface area (Å²) in [6, 6.07) is 10.3. The van der Waals surface area contributed by atoms with Gasteiger partial charge in [0.2, 0.25) is 0 Å². The normalized spacial score (nSPS) is 17.7. The Morgan fingerprint density at radius 3 is 2.57 bits per heavy atom. The van der Waals surface area contributed by atoms with Crippen molar-refractivity contribution < 1.29 is 24.1 Å². The standard InChI is InChI=1S/C21H23N3O3.CH2O2/c1-25-19-4-3-16(12-20(19)26-2)21-23-9-10-24(21)18-14-27-13-17(18)11-15-5-7-22-8-6-15;2-1-3/h3-10,12,17-18H,11,13-14H2,1-2H3;1H,(H,2,3)/t17-,18+;/m0./s1. The minimum absolute atomic E-state index is 0.240. The molecule has 30 heavy (non-hydrogen) atoms. The second-order valence-corrected chi connectivity index (χ2v) is 6.76. The molecule has 1 aromatic carbocycles. The summed E-state index contributed by atoms with van der Waals surface area (Å²) in [5.74, 6) is 2.70. The van der Waals surface area contributed by atoms with Gasteiger partial charge >= 0.3 is 0 Å². The molecule has 0 aliphatic carbocycles. The van der Waals surface area contributed by atoms with Gasteiger partial charge in [0.1, 0.15) is 5.82 Å². The minimum atomic E-state index is -0.250. The zero-order valence-corrected chi connectivity index (χ0v) is 17.0. The van der Waals surface area contributed by atoms with Crippen molar-refractivity contribution in [2.75, 3.05) is 27.4 Å². The third-order valence-corrected chi connectivity index (χ3v) is 5.08. The van der Waals surface area contributed by atoms with Crippen molar-refractivity contribution >= 4 is 6.47 Å². The van der Waals surface area contributed by atoms with Crippen molar-refractivity contribution in [3.8, 4) is 22.9 Å². The first kappa shape index (κ1) is 21.3. The quantitative estimate of drug-likeness (QED) is 0.623. The van der Waals surface area contributed by atoms with Gasteiger partial charge in [0, 0.05) is 36.3 Å². The van der Waals surface area contributed by atoms with Crippen molar-refractivity contribution in [1.29, 1.82) is 0 Å². The molecule has 3 heterocycles. The first-order chi connectivity index (χ1) is 14.7. The fourth-order valence-corrected chi connectivity index (χ4v) is 3.69. The van der Waals surface area contributed by atoms with Gasteiger partial charge in [-0.1, -0.05) is 0 Å². The molecule has 0 saturated carbocycles. The van der Waals surface area contributed by atoms with E-state index >= 15 is 0 Å². The second-order valence-electron chi connectivity index (χ2n) is 6.76. The summed E-state index contributed by atoms with van der Waals surface area (Å²) in [6.07, 6.45) is 8.51. The zero-order chi connectivity index (χ0) is 21.3. The lowest BCUT2D eigenvalue weighted by molar-refractivity contribution is -0.122. The van der Waals surface area contributed by atoms with Gasteiger partial charge in [0.05, 0.1) is 33.5 Å². The van der Waals surface area contributed by atoms with E-state index < -0.39 is 0 Å². The van der Waals surface area contributed by atoms with E-state index in [1.54, 1.807) is 14.2 Å². The lowest BCUT2D eigenvalue weighted by atomic mass is 9.95. The summed E-state index contributed by atoms with van der Waals surface area (Å²) in [5.41, 5.74) is 2.27. The van der Waals surface area contributed by atoms with E-state index in [9.17, 15) is 0 Å². The average molecular weight is 411 g/mol. The van der Waals surface area contributed by atoms with Gasteiger partial charge in [-0.2, -0.15) is 0 Å². The highest BCUT2D eigenvalue weighted by atomic mass is 16.5. The molecular weight excluding hydrogens is 386 g/mol. The molecule has 2 aromatic heterocycles. The van der Waals surface area contributed by atoms with Crippen LogP contribution in [0.2, 0.25) is 0 Å². The number of benzene rings is 1. The van der Waals surface area contributed by atoms with Gasteiger partial charge in [0.25, 0.3) is 6.47 Å². The highest BCUT2D eigenvalue weighted by Crippen LogP contribution is 2.35. The zero-order valence-electron chi connectivity index (χ0n) is 17.0. The van der Waals surface area contributed by atoms with Crippen LogP contribution in [0.25, 0.3) is 11.4 Å². The Morgan fingerprint density at radius 1 is 1.13 bits per heavy atom. The molecule has 1 fully saturated rings. The molecule has 0 amide bonds. The van der Waals surface area contributed by atoms with E-state index in [0.717, 1.165) is 24.4 Å². The highest BCUT2D eigenvalue weighted by molar-refractivity contribution is 5.61. The molecule has 0 bridgehead atoms. The number of ether oxygens (including phenoxy) is 3. The van der Waals surface area contributed by atoms with Crippen molar-refractivity contribution in [2.45, 2.75) is 12.5 Å². The van der Waals surface area contributed by atoms with Gasteiger partial charge in [-0.05, 0) is 42.3 Å². The number of hydrogen-bond acceptors (Lipinski definition) is 6. The van der Waals surface area contributed by atoms with Crippen LogP contribution >= 0.6 is 0 Å². The number of aromatic nitrogens is 3. The predicted molar refractivity (Wildman–Crippen MR) is 111 cm³/mol. The van der Waals surface area contributed by atoms with E-state index in [0.29, 0.717) is 24.0 Å². The SMILES string of the molecule is COc1ccc(-c2nccn2[C@@H]2COC[C@@H]2Cc2ccncc2)cc1OC.O=CO. The van der Waals surface area contributed by atoms with E-state index in [4.69, 9.17) is 24.1 Å². The monoisotopic (exact) mass is 411 g/mol. The predicted octanol–water partition coefficient (Wildman–Crippen LogP) is 3.09. The van der Waals surface area contributed by atoms with Crippen LogP contribution in [0.15, 0.2) is 55.1 Å². The summed E-state index contributed by atoms with van der Waals surface area (Å²) in [4.78, 5) is 17.1.